The Bertz CT molecular complexity index is 347. The molecule has 4 nitrogen and oxygen atoms in total. The Hall–Kier alpha value is -0.870. The number of hydrogen-bond donors (Lipinski definition) is 1. The van der Waals surface area contributed by atoms with Crippen LogP contribution >= 0.6 is 0 Å². The summed E-state index contributed by atoms with van der Waals surface area (Å²) in [7, 11) is 0. The molecular formula is C13H24N4. The second-order valence-electron chi connectivity index (χ2n) is 5.22. The first-order chi connectivity index (χ1) is 8.19. The van der Waals surface area contributed by atoms with E-state index in [2.05, 4.69) is 30.0 Å². The van der Waals surface area contributed by atoms with Crippen molar-refractivity contribution in [1.29, 1.82) is 0 Å². The van der Waals surface area contributed by atoms with Gasteiger partial charge in [-0.3, -0.25) is 9.58 Å². The molecular weight excluding hydrogens is 212 g/mol. The number of likely N-dealkylation sites (tertiary alicyclic amines) is 1. The second-order valence-corrected chi connectivity index (χ2v) is 5.22. The van der Waals surface area contributed by atoms with Gasteiger partial charge in [-0.05, 0) is 26.2 Å². The van der Waals surface area contributed by atoms with E-state index in [-0.39, 0.29) is 0 Å². The third kappa shape index (κ3) is 3.30. The fourth-order valence-corrected chi connectivity index (χ4v) is 2.57. The van der Waals surface area contributed by atoms with Crippen LogP contribution in [-0.2, 0) is 13.1 Å². The Morgan fingerprint density at radius 1 is 1.53 bits per heavy atom. The van der Waals surface area contributed by atoms with Crippen LogP contribution in [0.4, 0.5) is 0 Å². The number of nitrogens with zero attached hydrogens (tertiary/aromatic N) is 3. The van der Waals surface area contributed by atoms with E-state index in [1.807, 2.05) is 10.9 Å². The molecule has 0 radical (unpaired) electrons. The molecule has 2 heterocycles. The highest BCUT2D eigenvalue weighted by Gasteiger charge is 2.23. The fourth-order valence-electron chi connectivity index (χ4n) is 2.57. The van der Waals surface area contributed by atoms with Crippen molar-refractivity contribution in [3.63, 3.8) is 0 Å². The van der Waals surface area contributed by atoms with Gasteiger partial charge in [0.15, 0.2) is 0 Å². The number of nitrogens with two attached hydrogens (primary N) is 1. The molecule has 0 aromatic carbocycles. The van der Waals surface area contributed by atoms with Crippen LogP contribution in [-0.4, -0.2) is 33.3 Å². The van der Waals surface area contributed by atoms with Crippen molar-refractivity contribution >= 4 is 0 Å². The van der Waals surface area contributed by atoms with Gasteiger partial charge in [-0.15, -0.1) is 0 Å². The lowest BCUT2D eigenvalue weighted by atomic mass is 9.99. The molecule has 2 N–H and O–H groups in total. The van der Waals surface area contributed by atoms with E-state index in [0.717, 1.165) is 38.9 Å². The number of aryl methyl sites for hydroxylation is 1. The number of piperidine rings is 1. The number of aromatic nitrogens is 2. The molecule has 0 bridgehead atoms. The van der Waals surface area contributed by atoms with Gasteiger partial charge in [0, 0.05) is 43.5 Å². The highest BCUT2D eigenvalue weighted by molar-refractivity contribution is 5.04. The van der Waals surface area contributed by atoms with Crippen LogP contribution < -0.4 is 5.73 Å². The molecule has 17 heavy (non-hydrogen) atoms. The van der Waals surface area contributed by atoms with Gasteiger partial charge in [-0.1, -0.05) is 6.92 Å². The second kappa shape index (κ2) is 5.65. The monoisotopic (exact) mass is 236 g/mol. The molecule has 1 aromatic rings. The molecule has 2 atom stereocenters. The predicted octanol–water partition coefficient (Wildman–Crippen LogP) is 1.60. The zero-order valence-corrected chi connectivity index (χ0v) is 11.0. The van der Waals surface area contributed by atoms with Gasteiger partial charge in [0.2, 0.25) is 0 Å². The third-order valence-electron chi connectivity index (χ3n) is 3.58. The summed E-state index contributed by atoms with van der Waals surface area (Å²) in [5, 5.41) is 4.38. The Labute approximate surface area is 104 Å². The van der Waals surface area contributed by atoms with Crippen molar-refractivity contribution in [1.82, 2.24) is 14.7 Å². The molecule has 0 aliphatic carbocycles. The standard InChI is InChI=1S/C13H24N4/c1-3-5-17-10-12(8-15-17)9-16-6-4-13(14)7-11(16)2/h8,10-11,13H,3-7,9,14H2,1-2H3. The van der Waals surface area contributed by atoms with Crippen LogP contribution in [0.25, 0.3) is 0 Å². The molecule has 1 fully saturated rings. The fraction of sp³-hybridized carbons (Fsp3) is 0.769. The van der Waals surface area contributed by atoms with Crippen LogP contribution in [0.1, 0.15) is 38.7 Å². The minimum absolute atomic E-state index is 0.393. The lowest BCUT2D eigenvalue weighted by Crippen LogP contribution is -2.44. The molecule has 2 rings (SSSR count). The molecule has 96 valence electrons. The van der Waals surface area contributed by atoms with Gasteiger partial charge >= 0.3 is 0 Å². The van der Waals surface area contributed by atoms with Gasteiger partial charge in [-0.2, -0.15) is 5.10 Å². The molecule has 1 aliphatic heterocycles. The molecule has 1 aliphatic rings. The zero-order valence-electron chi connectivity index (χ0n) is 11.0. The third-order valence-corrected chi connectivity index (χ3v) is 3.58. The Morgan fingerprint density at radius 3 is 3.06 bits per heavy atom. The number of hydrogen-bond acceptors (Lipinski definition) is 3. The lowest BCUT2D eigenvalue weighted by Gasteiger charge is -2.36. The summed E-state index contributed by atoms with van der Waals surface area (Å²) >= 11 is 0. The Morgan fingerprint density at radius 2 is 2.35 bits per heavy atom. The van der Waals surface area contributed by atoms with Gasteiger partial charge in [0.05, 0.1) is 6.20 Å². The topological polar surface area (TPSA) is 47.1 Å². The summed E-state index contributed by atoms with van der Waals surface area (Å²) in [6.45, 7) is 7.59. The van der Waals surface area contributed by atoms with Crippen LogP contribution in [0.3, 0.4) is 0 Å². The molecule has 0 amide bonds. The van der Waals surface area contributed by atoms with Crippen LogP contribution in [0, 0.1) is 0 Å². The smallest absolute Gasteiger partial charge is 0.0534 e. The van der Waals surface area contributed by atoms with Gasteiger partial charge < -0.3 is 5.73 Å². The summed E-state index contributed by atoms with van der Waals surface area (Å²) < 4.78 is 2.04. The molecule has 1 aromatic heterocycles. The first kappa shape index (κ1) is 12.6. The number of rotatable bonds is 4. The maximum Gasteiger partial charge on any atom is 0.0534 e. The quantitative estimate of drug-likeness (QED) is 0.864. The predicted molar refractivity (Wildman–Crippen MR) is 69.6 cm³/mol. The van der Waals surface area contributed by atoms with Gasteiger partial charge in [0.25, 0.3) is 0 Å². The summed E-state index contributed by atoms with van der Waals surface area (Å²) in [5.41, 5.74) is 7.30. The summed E-state index contributed by atoms with van der Waals surface area (Å²) in [5.74, 6) is 0. The van der Waals surface area contributed by atoms with Crippen LogP contribution in [0.2, 0.25) is 0 Å². The first-order valence-electron chi connectivity index (χ1n) is 6.70. The Balaban J connectivity index is 1.91. The van der Waals surface area contributed by atoms with Crippen molar-refractivity contribution in [2.24, 2.45) is 5.73 Å². The minimum Gasteiger partial charge on any atom is -0.328 e. The van der Waals surface area contributed by atoms with Crippen molar-refractivity contribution in [3.8, 4) is 0 Å². The molecule has 2 unspecified atom stereocenters. The molecule has 0 saturated carbocycles. The van der Waals surface area contributed by atoms with Crippen LogP contribution in [0.15, 0.2) is 12.4 Å². The van der Waals surface area contributed by atoms with E-state index < -0.39 is 0 Å². The zero-order chi connectivity index (χ0) is 12.3. The summed E-state index contributed by atoms with van der Waals surface area (Å²) in [6.07, 6.45) is 7.54. The SMILES string of the molecule is CCCn1cc(CN2CCC(N)CC2C)cn1. The van der Waals surface area contributed by atoms with Crippen molar-refractivity contribution in [2.75, 3.05) is 6.54 Å². The maximum atomic E-state index is 5.98. The minimum atomic E-state index is 0.393. The molecule has 4 heteroatoms. The lowest BCUT2D eigenvalue weighted by molar-refractivity contribution is 0.140. The van der Waals surface area contributed by atoms with Crippen LogP contribution in [0.5, 0.6) is 0 Å². The van der Waals surface area contributed by atoms with E-state index in [0.29, 0.717) is 12.1 Å². The van der Waals surface area contributed by atoms with E-state index in [9.17, 15) is 0 Å². The first-order valence-corrected chi connectivity index (χ1v) is 6.70. The van der Waals surface area contributed by atoms with E-state index in [1.54, 1.807) is 0 Å². The maximum absolute atomic E-state index is 5.98. The van der Waals surface area contributed by atoms with E-state index in [4.69, 9.17) is 5.73 Å². The summed E-state index contributed by atoms with van der Waals surface area (Å²) in [6, 6.07) is 0.984. The van der Waals surface area contributed by atoms with Gasteiger partial charge in [0.1, 0.15) is 0 Å². The molecule has 0 spiro atoms. The molecule has 1 saturated heterocycles. The average Bonchev–Trinajstić information content (AvgIpc) is 2.71. The van der Waals surface area contributed by atoms with E-state index >= 15 is 0 Å². The summed E-state index contributed by atoms with van der Waals surface area (Å²) in [4.78, 5) is 2.51. The highest BCUT2D eigenvalue weighted by Crippen LogP contribution is 2.18. The average molecular weight is 236 g/mol. The largest absolute Gasteiger partial charge is 0.328 e. The Kier molecular flexibility index (Phi) is 4.18. The highest BCUT2D eigenvalue weighted by atomic mass is 15.3. The van der Waals surface area contributed by atoms with E-state index in [1.165, 1.54) is 5.56 Å². The van der Waals surface area contributed by atoms with Gasteiger partial charge in [-0.25, -0.2) is 0 Å². The normalized spacial score (nSPS) is 26.3. The van der Waals surface area contributed by atoms with Crippen molar-refractivity contribution in [3.05, 3.63) is 18.0 Å². The van der Waals surface area contributed by atoms with Crippen molar-refractivity contribution in [2.45, 2.75) is 58.3 Å². The van der Waals surface area contributed by atoms with Crippen molar-refractivity contribution < 1.29 is 0 Å².